The standard InChI is InChI=1S/C18H18N4O2S2/c1-19-13(15(23)21(3)17(19)25)9-11-6-5-7-12(8-11)10-14-16(24)22(4)18(26)20(14)2/h5-10H,1-4H3/b13-9-,14-10+. The smallest absolute Gasteiger partial charge is 0.276 e. The van der Waals surface area contributed by atoms with Crippen LogP contribution >= 0.6 is 24.4 Å². The molecule has 134 valence electrons. The molecular weight excluding hydrogens is 368 g/mol. The Balaban J connectivity index is 1.95. The third-order valence-electron chi connectivity index (χ3n) is 4.44. The summed E-state index contributed by atoms with van der Waals surface area (Å²) in [5, 5.41) is 0.934. The molecule has 0 N–H and O–H groups in total. The van der Waals surface area contributed by atoms with E-state index in [-0.39, 0.29) is 11.8 Å². The van der Waals surface area contributed by atoms with E-state index in [1.807, 2.05) is 24.3 Å². The lowest BCUT2D eigenvalue weighted by Crippen LogP contribution is -2.26. The third kappa shape index (κ3) is 2.91. The number of thiocarbonyl (C=S) groups is 2. The first kappa shape index (κ1) is 18.2. The van der Waals surface area contributed by atoms with Crippen molar-refractivity contribution in [1.82, 2.24) is 19.6 Å². The van der Waals surface area contributed by atoms with E-state index in [0.717, 1.165) is 11.1 Å². The van der Waals surface area contributed by atoms with Crippen LogP contribution in [-0.4, -0.2) is 69.8 Å². The summed E-state index contributed by atoms with van der Waals surface area (Å²) in [5.74, 6) is -0.280. The fourth-order valence-electron chi connectivity index (χ4n) is 2.83. The minimum absolute atomic E-state index is 0.140. The maximum absolute atomic E-state index is 12.3. The quantitative estimate of drug-likeness (QED) is 0.570. The first-order chi connectivity index (χ1) is 12.2. The Hall–Kier alpha value is -2.58. The average molecular weight is 387 g/mol. The fraction of sp³-hybridized carbons (Fsp3) is 0.222. The van der Waals surface area contributed by atoms with Crippen molar-refractivity contribution in [1.29, 1.82) is 0 Å². The van der Waals surface area contributed by atoms with Crippen LogP contribution in [0.25, 0.3) is 12.2 Å². The second-order valence-corrected chi connectivity index (χ2v) is 6.87. The molecule has 26 heavy (non-hydrogen) atoms. The largest absolute Gasteiger partial charge is 0.317 e. The van der Waals surface area contributed by atoms with E-state index in [0.29, 0.717) is 21.6 Å². The van der Waals surface area contributed by atoms with E-state index in [1.165, 1.54) is 9.80 Å². The van der Waals surface area contributed by atoms with Crippen LogP contribution < -0.4 is 0 Å². The second kappa shape index (κ2) is 6.62. The summed E-state index contributed by atoms with van der Waals surface area (Å²) in [6, 6.07) is 7.58. The number of carbonyl (C=O) groups excluding carboxylic acids is 2. The van der Waals surface area contributed by atoms with E-state index < -0.39 is 0 Å². The summed E-state index contributed by atoms with van der Waals surface area (Å²) in [7, 11) is 6.85. The maximum Gasteiger partial charge on any atom is 0.276 e. The normalized spacial score (nSPS) is 21.2. The second-order valence-electron chi connectivity index (χ2n) is 6.14. The molecule has 0 saturated carbocycles. The van der Waals surface area contributed by atoms with Gasteiger partial charge in [0.05, 0.1) is 0 Å². The molecular formula is C18H18N4O2S2. The Morgan fingerprint density at radius 3 is 1.42 bits per heavy atom. The summed E-state index contributed by atoms with van der Waals surface area (Å²) >= 11 is 10.4. The molecule has 0 unspecified atom stereocenters. The van der Waals surface area contributed by atoms with E-state index in [2.05, 4.69) is 0 Å². The van der Waals surface area contributed by atoms with Gasteiger partial charge in [-0.2, -0.15) is 0 Å². The van der Waals surface area contributed by atoms with Gasteiger partial charge in [-0.3, -0.25) is 19.4 Å². The van der Waals surface area contributed by atoms with Gasteiger partial charge >= 0.3 is 0 Å². The molecule has 0 aliphatic carbocycles. The van der Waals surface area contributed by atoms with Crippen LogP contribution in [0, 0.1) is 0 Å². The molecule has 0 radical (unpaired) electrons. The Morgan fingerprint density at radius 2 is 1.12 bits per heavy atom. The molecule has 2 aliphatic heterocycles. The maximum atomic E-state index is 12.3. The number of carbonyl (C=O) groups is 2. The van der Waals surface area contributed by atoms with Gasteiger partial charge < -0.3 is 9.80 Å². The monoisotopic (exact) mass is 386 g/mol. The topological polar surface area (TPSA) is 47.1 Å². The van der Waals surface area contributed by atoms with E-state index in [1.54, 1.807) is 50.1 Å². The molecule has 0 aromatic heterocycles. The summed E-state index contributed by atoms with van der Waals surface area (Å²) in [6.45, 7) is 0. The average Bonchev–Trinajstić information content (AvgIpc) is 2.92. The Bertz CT molecular complexity index is 837. The van der Waals surface area contributed by atoms with Crippen molar-refractivity contribution in [2.75, 3.05) is 28.2 Å². The van der Waals surface area contributed by atoms with Gasteiger partial charge in [0.25, 0.3) is 11.8 Å². The predicted molar refractivity (Wildman–Crippen MR) is 109 cm³/mol. The van der Waals surface area contributed by atoms with Crippen molar-refractivity contribution in [2.24, 2.45) is 0 Å². The third-order valence-corrected chi connectivity index (χ3v) is 5.53. The number of hydrogen-bond acceptors (Lipinski definition) is 4. The number of benzene rings is 1. The van der Waals surface area contributed by atoms with Gasteiger partial charge in [-0.15, -0.1) is 0 Å². The number of amides is 2. The summed E-state index contributed by atoms with van der Waals surface area (Å²) in [4.78, 5) is 30.8. The highest BCUT2D eigenvalue weighted by atomic mass is 32.1. The highest BCUT2D eigenvalue weighted by molar-refractivity contribution is 7.80. The van der Waals surface area contributed by atoms with Crippen LogP contribution in [0.1, 0.15) is 11.1 Å². The van der Waals surface area contributed by atoms with Crippen molar-refractivity contribution in [3.8, 4) is 0 Å². The lowest BCUT2D eigenvalue weighted by atomic mass is 10.1. The Labute approximate surface area is 162 Å². The molecule has 1 aromatic rings. The number of nitrogens with zero attached hydrogens (tertiary/aromatic N) is 4. The Kier molecular flexibility index (Phi) is 4.64. The highest BCUT2D eigenvalue weighted by Gasteiger charge is 2.33. The fourth-order valence-corrected chi connectivity index (χ4v) is 3.19. The van der Waals surface area contributed by atoms with Crippen molar-refractivity contribution in [3.63, 3.8) is 0 Å². The summed E-state index contributed by atoms with van der Waals surface area (Å²) in [6.07, 6.45) is 3.58. The molecule has 8 heteroatoms. The number of hydrogen-bond donors (Lipinski definition) is 0. The Morgan fingerprint density at radius 1 is 0.731 bits per heavy atom. The van der Waals surface area contributed by atoms with Gasteiger partial charge in [-0.05, 0) is 53.8 Å². The predicted octanol–water partition coefficient (Wildman–Crippen LogP) is 1.75. The molecule has 0 spiro atoms. The van der Waals surface area contributed by atoms with Crippen LogP contribution in [-0.2, 0) is 9.59 Å². The van der Waals surface area contributed by atoms with Crippen LogP contribution in [0.2, 0.25) is 0 Å². The van der Waals surface area contributed by atoms with Gasteiger partial charge in [0, 0.05) is 28.2 Å². The molecule has 2 fully saturated rings. The van der Waals surface area contributed by atoms with E-state index >= 15 is 0 Å². The SMILES string of the molecule is CN1C(=O)/C(=C/c2cccc(/C=C3\C(=O)N(C)C(=S)N3C)c2)N(C)C1=S. The van der Waals surface area contributed by atoms with E-state index in [4.69, 9.17) is 24.4 Å². The zero-order chi connectivity index (χ0) is 19.2. The summed E-state index contributed by atoms with van der Waals surface area (Å²) < 4.78 is 0. The van der Waals surface area contributed by atoms with Gasteiger partial charge in [0.1, 0.15) is 11.4 Å². The van der Waals surface area contributed by atoms with Crippen LogP contribution in [0.4, 0.5) is 0 Å². The molecule has 2 amide bonds. The first-order valence-corrected chi connectivity index (χ1v) is 8.69. The van der Waals surface area contributed by atoms with Crippen LogP contribution in [0.3, 0.4) is 0 Å². The number of likely N-dealkylation sites (N-methyl/N-ethyl adjacent to an activating group) is 4. The molecule has 3 rings (SSSR count). The highest BCUT2D eigenvalue weighted by Crippen LogP contribution is 2.23. The lowest BCUT2D eigenvalue weighted by Gasteiger charge is -2.11. The molecule has 6 nitrogen and oxygen atoms in total. The molecule has 2 heterocycles. The number of rotatable bonds is 2. The van der Waals surface area contributed by atoms with Gasteiger partial charge in [0.2, 0.25) is 0 Å². The minimum atomic E-state index is -0.140. The van der Waals surface area contributed by atoms with Gasteiger partial charge in [0.15, 0.2) is 10.2 Å². The first-order valence-electron chi connectivity index (χ1n) is 7.87. The zero-order valence-corrected chi connectivity index (χ0v) is 16.5. The van der Waals surface area contributed by atoms with Crippen molar-refractivity contribution in [2.45, 2.75) is 0 Å². The van der Waals surface area contributed by atoms with Crippen molar-refractivity contribution in [3.05, 3.63) is 46.8 Å². The minimum Gasteiger partial charge on any atom is -0.317 e. The molecule has 2 saturated heterocycles. The van der Waals surface area contributed by atoms with Crippen molar-refractivity contribution < 1.29 is 9.59 Å². The lowest BCUT2D eigenvalue weighted by molar-refractivity contribution is -0.122. The molecule has 2 aliphatic rings. The van der Waals surface area contributed by atoms with Crippen LogP contribution in [0.15, 0.2) is 35.7 Å². The van der Waals surface area contributed by atoms with Crippen molar-refractivity contribution >= 4 is 58.6 Å². The van der Waals surface area contributed by atoms with Gasteiger partial charge in [-0.1, -0.05) is 18.2 Å². The summed E-state index contributed by atoms with van der Waals surface area (Å²) in [5.41, 5.74) is 2.71. The van der Waals surface area contributed by atoms with Crippen LogP contribution in [0.5, 0.6) is 0 Å². The molecule has 1 aromatic carbocycles. The molecule has 0 atom stereocenters. The van der Waals surface area contributed by atoms with E-state index in [9.17, 15) is 9.59 Å². The molecule has 0 bridgehead atoms. The van der Waals surface area contributed by atoms with Gasteiger partial charge in [-0.25, -0.2) is 0 Å². The zero-order valence-electron chi connectivity index (χ0n) is 14.9.